The lowest BCUT2D eigenvalue weighted by Gasteiger charge is -2.35. The minimum atomic E-state index is -0.211. The predicted octanol–water partition coefficient (Wildman–Crippen LogP) is -2.15. The van der Waals surface area contributed by atoms with Gasteiger partial charge in [0.05, 0.1) is 0 Å². The van der Waals surface area contributed by atoms with Gasteiger partial charge in [-0.05, 0) is 0 Å². The van der Waals surface area contributed by atoms with E-state index in [9.17, 15) is 4.79 Å². The van der Waals surface area contributed by atoms with Crippen molar-refractivity contribution in [2.24, 2.45) is 5.73 Å². The number of amides is 1. The van der Waals surface area contributed by atoms with Crippen molar-refractivity contribution in [3.05, 3.63) is 35.9 Å². The zero-order chi connectivity index (χ0) is 12.3. The smallest absolute Gasteiger partial charge is 0.272 e. The number of primary amides is 1. The molecule has 1 unspecified atom stereocenters. The summed E-state index contributed by atoms with van der Waals surface area (Å²) in [5.41, 5.74) is 6.66. The quantitative estimate of drug-likeness (QED) is 0.549. The van der Waals surface area contributed by atoms with Gasteiger partial charge in [0.25, 0.3) is 5.91 Å². The first kappa shape index (κ1) is 12.1. The first-order chi connectivity index (χ1) is 8.10. The second kappa shape index (κ2) is 4.85. The van der Waals surface area contributed by atoms with E-state index in [1.54, 1.807) is 0 Å². The molecule has 0 spiro atoms. The van der Waals surface area contributed by atoms with Gasteiger partial charge >= 0.3 is 0 Å². The van der Waals surface area contributed by atoms with Crippen LogP contribution in [-0.2, 0) is 10.3 Å². The summed E-state index contributed by atoms with van der Waals surface area (Å²) in [6, 6.07) is 10.5. The highest BCUT2D eigenvalue weighted by molar-refractivity contribution is 5.74. The van der Waals surface area contributed by atoms with E-state index in [0.717, 1.165) is 19.6 Å². The van der Waals surface area contributed by atoms with Gasteiger partial charge in [-0.3, -0.25) is 4.79 Å². The maximum Gasteiger partial charge on any atom is 0.272 e. The fraction of sp³-hybridized carbons (Fsp3) is 0.462. The van der Waals surface area contributed by atoms with E-state index in [1.807, 2.05) is 6.07 Å². The third-order valence-electron chi connectivity index (χ3n) is 3.57. The van der Waals surface area contributed by atoms with E-state index in [1.165, 1.54) is 10.5 Å². The number of carbonyl (C=O) groups is 1. The third kappa shape index (κ3) is 2.84. The molecule has 1 aromatic rings. The molecular formula is C13H21N3O+2. The monoisotopic (exact) mass is 235 g/mol. The molecule has 1 amide bonds. The first-order valence-electron chi connectivity index (χ1n) is 6.12. The summed E-state index contributed by atoms with van der Waals surface area (Å²) in [6.45, 7) is 5.66. The van der Waals surface area contributed by atoms with Crippen molar-refractivity contribution in [3.8, 4) is 0 Å². The number of quaternary nitrogens is 2. The number of nitrogens with one attached hydrogen (secondary N) is 1. The Morgan fingerprint density at radius 1 is 1.47 bits per heavy atom. The van der Waals surface area contributed by atoms with Crippen LogP contribution in [0.5, 0.6) is 0 Å². The summed E-state index contributed by atoms with van der Waals surface area (Å²) in [5.74, 6) is -0.211. The molecule has 1 saturated heterocycles. The molecule has 1 aliphatic rings. The average molecular weight is 235 g/mol. The summed E-state index contributed by atoms with van der Waals surface area (Å²) in [6.07, 6.45) is 0. The molecule has 4 nitrogen and oxygen atoms in total. The van der Waals surface area contributed by atoms with Gasteiger partial charge in [-0.2, -0.15) is 0 Å². The third-order valence-corrected chi connectivity index (χ3v) is 3.57. The lowest BCUT2D eigenvalue weighted by molar-refractivity contribution is -0.966. The Kier molecular flexibility index (Phi) is 3.45. The molecule has 1 fully saturated rings. The highest BCUT2D eigenvalue weighted by atomic mass is 16.1. The van der Waals surface area contributed by atoms with Gasteiger partial charge in [0.15, 0.2) is 12.1 Å². The predicted molar refractivity (Wildman–Crippen MR) is 65.3 cm³/mol. The number of nitrogens with two attached hydrogens (primary N) is 2. The zero-order valence-corrected chi connectivity index (χ0v) is 10.3. The van der Waals surface area contributed by atoms with Gasteiger partial charge in [0, 0.05) is 12.5 Å². The van der Waals surface area contributed by atoms with Crippen LogP contribution in [0.1, 0.15) is 12.5 Å². The van der Waals surface area contributed by atoms with E-state index >= 15 is 0 Å². The maximum atomic E-state index is 11.0. The van der Waals surface area contributed by atoms with Crippen LogP contribution in [0.25, 0.3) is 0 Å². The first-order valence-corrected chi connectivity index (χ1v) is 6.12. The SMILES string of the molecule is C[C@@]1(c2ccccc2)C[NH+](CC(N)=O)CC[NH2+]1. The summed E-state index contributed by atoms with van der Waals surface area (Å²) in [7, 11) is 0. The number of carbonyl (C=O) groups excluding carboxylic acids is 1. The Morgan fingerprint density at radius 2 is 2.18 bits per heavy atom. The Morgan fingerprint density at radius 3 is 2.82 bits per heavy atom. The normalized spacial score (nSPS) is 28.9. The van der Waals surface area contributed by atoms with E-state index in [2.05, 4.69) is 36.5 Å². The van der Waals surface area contributed by atoms with E-state index in [0.29, 0.717) is 6.54 Å². The average Bonchev–Trinajstić information content (AvgIpc) is 2.29. The molecule has 17 heavy (non-hydrogen) atoms. The number of benzene rings is 1. The highest BCUT2D eigenvalue weighted by Crippen LogP contribution is 2.14. The molecule has 0 aliphatic carbocycles. The Bertz CT molecular complexity index is 393. The van der Waals surface area contributed by atoms with Crippen LogP contribution in [0.15, 0.2) is 30.3 Å². The Hall–Kier alpha value is -1.39. The minimum absolute atomic E-state index is 0.0598. The van der Waals surface area contributed by atoms with Crippen LogP contribution in [0.4, 0.5) is 0 Å². The molecule has 1 aliphatic heterocycles. The molecular weight excluding hydrogens is 214 g/mol. The molecule has 0 saturated carbocycles. The van der Waals surface area contributed by atoms with Crippen molar-refractivity contribution in [2.75, 3.05) is 26.2 Å². The molecule has 92 valence electrons. The minimum Gasteiger partial charge on any atom is -0.365 e. The molecule has 5 N–H and O–H groups in total. The molecule has 0 bridgehead atoms. The van der Waals surface area contributed by atoms with Gasteiger partial charge in [-0.15, -0.1) is 0 Å². The second-order valence-electron chi connectivity index (χ2n) is 5.10. The second-order valence-corrected chi connectivity index (χ2v) is 5.10. The number of hydrogen-bond acceptors (Lipinski definition) is 1. The lowest BCUT2D eigenvalue weighted by atomic mass is 9.89. The van der Waals surface area contributed by atoms with Gasteiger partial charge < -0.3 is 16.0 Å². The van der Waals surface area contributed by atoms with Crippen molar-refractivity contribution < 1.29 is 15.0 Å². The molecule has 0 radical (unpaired) electrons. The van der Waals surface area contributed by atoms with Crippen molar-refractivity contribution in [1.29, 1.82) is 0 Å². The van der Waals surface area contributed by atoms with Crippen molar-refractivity contribution in [2.45, 2.75) is 12.5 Å². The Labute approximate surface area is 102 Å². The molecule has 2 rings (SSSR count). The maximum absolute atomic E-state index is 11.0. The molecule has 1 heterocycles. The van der Waals surface area contributed by atoms with Crippen LogP contribution in [0, 0.1) is 0 Å². The molecule has 1 aromatic carbocycles. The van der Waals surface area contributed by atoms with E-state index < -0.39 is 0 Å². The summed E-state index contributed by atoms with van der Waals surface area (Å²) >= 11 is 0. The summed E-state index contributed by atoms with van der Waals surface area (Å²) in [5, 5.41) is 2.37. The van der Waals surface area contributed by atoms with Crippen molar-refractivity contribution in [3.63, 3.8) is 0 Å². The topological polar surface area (TPSA) is 64.1 Å². The lowest BCUT2D eigenvalue weighted by Crippen LogP contribution is -3.24. The van der Waals surface area contributed by atoms with Gasteiger partial charge in [0.1, 0.15) is 19.6 Å². The summed E-state index contributed by atoms with van der Waals surface area (Å²) in [4.78, 5) is 12.3. The zero-order valence-electron chi connectivity index (χ0n) is 10.3. The van der Waals surface area contributed by atoms with Crippen LogP contribution in [0.2, 0.25) is 0 Å². The van der Waals surface area contributed by atoms with Crippen molar-refractivity contribution in [1.82, 2.24) is 0 Å². The van der Waals surface area contributed by atoms with Gasteiger partial charge in [-0.25, -0.2) is 0 Å². The van der Waals surface area contributed by atoms with Crippen LogP contribution < -0.4 is 16.0 Å². The molecule has 0 aromatic heterocycles. The van der Waals surface area contributed by atoms with Gasteiger partial charge in [0.2, 0.25) is 0 Å². The molecule has 2 atom stereocenters. The Balaban J connectivity index is 2.12. The van der Waals surface area contributed by atoms with Crippen molar-refractivity contribution >= 4 is 5.91 Å². The largest absolute Gasteiger partial charge is 0.365 e. The fourth-order valence-corrected chi connectivity index (χ4v) is 2.71. The number of piperazine rings is 1. The van der Waals surface area contributed by atoms with Crippen LogP contribution in [0.3, 0.4) is 0 Å². The van der Waals surface area contributed by atoms with E-state index in [4.69, 9.17) is 5.73 Å². The summed E-state index contributed by atoms with van der Waals surface area (Å²) < 4.78 is 0. The highest BCUT2D eigenvalue weighted by Gasteiger charge is 2.39. The van der Waals surface area contributed by atoms with Crippen LogP contribution >= 0.6 is 0 Å². The van der Waals surface area contributed by atoms with E-state index in [-0.39, 0.29) is 11.4 Å². The van der Waals surface area contributed by atoms with Gasteiger partial charge in [-0.1, -0.05) is 30.3 Å². The molecule has 4 heteroatoms. The number of rotatable bonds is 3. The standard InChI is InChI=1S/C13H19N3O/c1-13(11-5-3-2-4-6-11)10-16(8-7-15-13)9-12(14)17/h2-6,15H,7-10H2,1H3,(H2,14,17)/p+2/t13-/m0/s1. The fourth-order valence-electron chi connectivity index (χ4n) is 2.71. The number of hydrogen-bond donors (Lipinski definition) is 3. The van der Waals surface area contributed by atoms with Crippen LogP contribution in [-0.4, -0.2) is 32.1 Å².